The first-order valence-electron chi connectivity index (χ1n) is 5.04. The van der Waals surface area contributed by atoms with E-state index in [1.807, 2.05) is 0 Å². The molecule has 0 unspecified atom stereocenters. The summed E-state index contributed by atoms with van der Waals surface area (Å²) in [7, 11) is 0. The van der Waals surface area contributed by atoms with Crippen molar-refractivity contribution in [3.8, 4) is 0 Å². The van der Waals surface area contributed by atoms with Crippen LogP contribution in [0.3, 0.4) is 0 Å². The minimum absolute atomic E-state index is 0.0803. The summed E-state index contributed by atoms with van der Waals surface area (Å²) in [5.74, 6) is 0.448. The summed E-state index contributed by atoms with van der Waals surface area (Å²) < 4.78 is 6.46. The SMILES string of the molecule is Nc1ncn(CC(=O)OCC2CCC2)n1. The summed E-state index contributed by atoms with van der Waals surface area (Å²) in [6, 6.07) is 0. The number of nitrogen functional groups attached to an aromatic ring is 1. The lowest BCUT2D eigenvalue weighted by Crippen LogP contribution is -2.22. The van der Waals surface area contributed by atoms with Gasteiger partial charge in [-0.3, -0.25) is 4.79 Å². The van der Waals surface area contributed by atoms with E-state index >= 15 is 0 Å². The Labute approximate surface area is 87.4 Å². The number of carbonyl (C=O) groups is 1. The van der Waals surface area contributed by atoms with Gasteiger partial charge in [0.1, 0.15) is 12.9 Å². The Morgan fingerprint density at radius 2 is 2.47 bits per heavy atom. The second kappa shape index (κ2) is 4.29. The fraction of sp³-hybridized carbons (Fsp3) is 0.667. The number of nitrogens with zero attached hydrogens (tertiary/aromatic N) is 3. The van der Waals surface area contributed by atoms with Gasteiger partial charge in [0.15, 0.2) is 0 Å². The molecule has 1 aromatic rings. The Balaban J connectivity index is 1.71. The zero-order valence-electron chi connectivity index (χ0n) is 8.43. The van der Waals surface area contributed by atoms with Crippen molar-refractivity contribution in [1.82, 2.24) is 14.8 Å². The summed E-state index contributed by atoms with van der Waals surface area (Å²) in [6.07, 6.45) is 5.01. The number of nitrogens with two attached hydrogens (primary N) is 1. The molecule has 82 valence electrons. The smallest absolute Gasteiger partial charge is 0.327 e. The molecule has 6 heteroatoms. The Bertz CT molecular complexity index is 346. The Kier molecular flexibility index (Phi) is 2.84. The number of anilines is 1. The summed E-state index contributed by atoms with van der Waals surface area (Å²) in [5, 5.41) is 3.79. The molecule has 0 aliphatic heterocycles. The van der Waals surface area contributed by atoms with Crippen LogP contribution in [0.2, 0.25) is 0 Å². The van der Waals surface area contributed by atoms with E-state index in [-0.39, 0.29) is 18.5 Å². The molecule has 0 atom stereocenters. The third kappa shape index (κ3) is 2.68. The fourth-order valence-electron chi connectivity index (χ4n) is 1.43. The molecular weight excluding hydrogens is 196 g/mol. The van der Waals surface area contributed by atoms with Crippen LogP contribution in [0.4, 0.5) is 5.95 Å². The van der Waals surface area contributed by atoms with E-state index in [9.17, 15) is 4.79 Å². The minimum atomic E-state index is -0.285. The normalized spacial score (nSPS) is 16.0. The Morgan fingerprint density at radius 3 is 3.00 bits per heavy atom. The molecule has 15 heavy (non-hydrogen) atoms. The van der Waals surface area contributed by atoms with Crippen molar-refractivity contribution in [2.24, 2.45) is 5.92 Å². The van der Waals surface area contributed by atoms with Crippen LogP contribution in [0.15, 0.2) is 6.33 Å². The lowest BCUT2D eigenvalue weighted by atomic mass is 9.86. The molecule has 1 fully saturated rings. The van der Waals surface area contributed by atoms with Crippen LogP contribution in [0.5, 0.6) is 0 Å². The average molecular weight is 210 g/mol. The molecule has 0 aromatic carbocycles. The first-order valence-corrected chi connectivity index (χ1v) is 5.04. The molecule has 2 N–H and O–H groups in total. The van der Waals surface area contributed by atoms with Gasteiger partial charge in [-0.25, -0.2) is 9.67 Å². The second-order valence-electron chi connectivity index (χ2n) is 3.78. The standard InChI is InChI=1S/C9H14N4O2/c10-9-11-6-13(12-9)4-8(14)15-5-7-2-1-3-7/h6-7H,1-5H2,(H2,10,12). The first-order chi connectivity index (χ1) is 7.24. The maximum atomic E-state index is 11.3. The number of ether oxygens (including phenoxy) is 1. The number of esters is 1. The van der Waals surface area contributed by atoms with Crippen molar-refractivity contribution in [3.63, 3.8) is 0 Å². The maximum Gasteiger partial charge on any atom is 0.327 e. The number of hydrogen-bond acceptors (Lipinski definition) is 5. The Hall–Kier alpha value is -1.59. The molecule has 6 nitrogen and oxygen atoms in total. The van der Waals surface area contributed by atoms with Crippen LogP contribution in [-0.2, 0) is 16.1 Å². The molecule has 0 radical (unpaired) electrons. The highest BCUT2D eigenvalue weighted by molar-refractivity contribution is 5.69. The van der Waals surface area contributed by atoms with Crippen molar-refractivity contribution in [2.45, 2.75) is 25.8 Å². The molecular formula is C9H14N4O2. The van der Waals surface area contributed by atoms with Crippen LogP contribution in [0.25, 0.3) is 0 Å². The molecule has 2 rings (SSSR count). The summed E-state index contributed by atoms with van der Waals surface area (Å²) in [5.41, 5.74) is 5.31. The van der Waals surface area contributed by atoms with Gasteiger partial charge in [0.25, 0.3) is 0 Å². The van der Waals surface area contributed by atoms with Crippen molar-refractivity contribution < 1.29 is 9.53 Å². The van der Waals surface area contributed by atoms with Crippen LogP contribution in [-0.4, -0.2) is 27.3 Å². The molecule has 1 aliphatic carbocycles. The van der Waals surface area contributed by atoms with Crippen LogP contribution < -0.4 is 5.73 Å². The fourth-order valence-corrected chi connectivity index (χ4v) is 1.43. The van der Waals surface area contributed by atoms with Gasteiger partial charge in [0.2, 0.25) is 5.95 Å². The molecule has 0 saturated heterocycles. The van der Waals surface area contributed by atoms with Crippen molar-refractivity contribution in [3.05, 3.63) is 6.33 Å². The number of carbonyl (C=O) groups excluding carboxylic acids is 1. The van der Waals surface area contributed by atoms with E-state index in [1.165, 1.54) is 30.3 Å². The van der Waals surface area contributed by atoms with Crippen molar-refractivity contribution >= 4 is 11.9 Å². The van der Waals surface area contributed by atoms with E-state index in [2.05, 4.69) is 10.1 Å². The first kappa shape index (κ1) is 9.95. The third-order valence-corrected chi connectivity index (χ3v) is 2.55. The van der Waals surface area contributed by atoms with Gasteiger partial charge in [-0.05, 0) is 18.8 Å². The highest BCUT2D eigenvalue weighted by Crippen LogP contribution is 2.26. The van der Waals surface area contributed by atoms with Crippen LogP contribution in [0, 0.1) is 5.92 Å². The predicted octanol–water partition coefficient (Wildman–Crippen LogP) is 0.204. The van der Waals surface area contributed by atoms with Crippen molar-refractivity contribution in [2.75, 3.05) is 12.3 Å². The van der Waals surface area contributed by atoms with Gasteiger partial charge in [-0.2, -0.15) is 0 Å². The van der Waals surface area contributed by atoms with E-state index in [0.717, 1.165) is 0 Å². The quantitative estimate of drug-likeness (QED) is 0.718. The van der Waals surface area contributed by atoms with Crippen LogP contribution in [0.1, 0.15) is 19.3 Å². The molecule has 0 spiro atoms. The van der Waals surface area contributed by atoms with Gasteiger partial charge in [0, 0.05) is 0 Å². The van der Waals surface area contributed by atoms with E-state index < -0.39 is 0 Å². The predicted molar refractivity (Wildman–Crippen MR) is 52.7 cm³/mol. The van der Waals surface area contributed by atoms with Gasteiger partial charge in [-0.1, -0.05) is 6.42 Å². The van der Waals surface area contributed by atoms with Gasteiger partial charge < -0.3 is 10.5 Å². The highest BCUT2D eigenvalue weighted by atomic mass is 16.5. The monoisotopic (exact) mass is 210 g/mol. The molecule has 0 bridgehead atoms. The maximum absolute atomic E-state index is 11.3. The van der Waals surface area contributed by atoms with E-state index in [4.69, 9.17) is 10.5 Å². The lowest BCUT2D eigenvalue weighted by molar-refractivity contribution is -0.146. The zero-order valence-corrected chi connectivity index (χ0v) is 8.43. The van der Waals surface area contributed by atoms with Gasteiger partial charge >= 0.3 is 5.97 Å². The second-order valence-corrected chi connectivity index (χ2v) is 3.78. The molecule has 1 heterocycles. The van der Waals surface area contributed by atoms with Gasteiger partial charge in [0.05, 0.1) is 6.61 Å². The number of rotatable bonds is 4. The molecule has 1 saturated carbocycles. The van der Waals surface area contributed by atoms with Crippen molar-refractivity contribution in [1.29, 1.82) is 0 Å². The lowest BCUT2D eigenvalue weighted by Gasteiger charge is -2.24. The van der Waals surface area contributed by atoms with E-state index in [1.54, 1.807) is 0 Å². The zero-order chi connectivity index (χ0) is 10.7. The number of aromatic nitrogens is 3. The highest BCUT2D eigenvalue weighted by Gasteiger charge is 2.19. The largest absolute Gasteiger partial charge is 0.464 e. The summed E-state index contributed by atoms with van der Waals surface area (Å²) in [6.45, 7) is 0.611. The summed E-state index contributed by atoms with van der Waals surface area (Å²) >= 11 is 0. The molecule has 0 amide bonds. The average Bonchev–Trinajstić information content (AvgIpc) is 2.48. The Morgan fingerprint density at radius 1 is 1.67 bits per heavy atom. The van der Waals surface area contributed by atoms with E-state index in [0.29, 0.717) is 12.5 Å². The third-order valence-electron chi connectivity index (χ3n) is 2.55. The number of hydrogen-bond donors (Lipinski definition) is 1. The summed E-state index contributed by atoms with van der Waals surface area (Å²) in [4.78, 5) is 15.0. The van der Waals surface area contributed by atoms with Crippen LogP contribution >= 0.6 is 0 Å². The molecule has 1 aliphatic rings. The molecule has 1 aromatic heterocycles. The topological polar surface area (TPSA) is 83.0 Å². The van der Waals surface area contributed by atoms with Gasteiger partial charge in [-0.15, -0.1) is 5.10 Å². The minimum Gasteiger partial charge on any atom is -0.464 e.